The van der Waals surface area contributed by atoms with Gasteiger partial charge in [-0.2, -0.15) is 10.2 Å². The molecule has 0 unspecified atom stereocenters. The van der Waals surface area contributed by atoms with Crippen LogP contribution in [0.2, 0.25) is 0 Å². The molecule has 6 N–H and O–H groups in total. The highest BCUT2D eigenvalue weighted by atomic mass is 19.1. The molecule has 0 amide bonds. The summed E-state index contributed by atoms with van der Waals surface area (Å²) in [4.78, 5) is 8.31. The largest absolute Gasteiger partial charge is 0.393 e. The second-order valence-corrected chi connectivity index (χ2v) is 5.60. The van der Waals surface area contributed by atoms with E-state index < -0.39 is 0 Å². The van der Waals surface area contributed by atoms with Gasteiger partial charge in [0.25, 0.3) is 0 Å². The van der Waals surface area contributed by atoms with Crippen molar-refractivity contribution in [1.29, 1.82) is 0 Å². The van der Waals surface area contributed by atoms with E-state index in [-0.39, 0.29) is 35.5 Å². The highest BCUT2D eigenvalue weighted by Gasteiger charge is 2.19. The van der Waals surface area contributed by atoms with E-state index >= 15 is 0 Å². The monoisotopic (exact) mass is 351 g/mol. The first-order valence-electron chi connectivity index (χ1n) is 7.65. The second kappa shape index (κ2) is 5.92. The minimum absolute atomic E-state index is 0.0614. The molecule has 9 nitrogen and oxygen atoms in total. The average molecular weight is 351 g/mol. The van der Waals surface area contributed by atoms with Gasteiger partial charge in [-0.05, 0) is 12.1 Å². The van der Waals surface area contributed by atoms with E-state index in [0.717, 1.165) is 0 Å². The van der Waals surface area contributed by atoms with Crippen LogP contribution in [0.15, 0.2) is 36.5 Å². The molecule has 3 heterocycles. The first kappa shape index (κ1) is 15.7. The van der Waals surface area contributed by atoms with Crippen molar-refractivity contribution in [2.45, 2.75) is 6.54 Å². The molecule has 0 aliphatic heterocycles. The number of nitrogen functional groups attached to an aromatic ring is 3. The summed E-state index contributed by atoms with van der Waals surface area (Å²) < 4.78 is 15.5. The second-order valence-electron chi connectivity index (χ2n) is 5.60. The van der Waals surface area contributed by atoms with E-state index in [4.69, 9.17) is 17.2 Å². The molecule has 0 atom stereocenters. The van der Waals surface area contributed by atoms with Gasteiger partial charge >= 0.3 is 0 Å². The summed E-state index contributed by atoms with van der Waals surface area (Å²) in [6.07, 6.45) is 1.52. The quantitative estimate of drug-likeness (QED) is 0.499. The third-order valence-electron chi connectivity index (χ3n) is 3.92. The number of aromatic nitrogens is 6. The van der Waals surface area contributed by atoms with Gasteiger partial charge in [-0.3, -0.25) is 0 Å². The highest BCUT2D eigenvalue weighted by molar-refractivity contribution is 5.90. The molecule has 3 aromatic heterocycles. The summed E-state index contributed by atoms with van der Waals surface area (Å²) in [6, 6.07) is 8.15. The number of anilines is 3. The Morgan fingerprint density at radius 3 is 2.46 bits per heavy atom. The molecule has 10 heteroatoms. The minimum atomic E-state index is -0.334. The fourth-order valence-electron chi connectivity index (χ4n) is 2.60. The zero-order chi connectivity index (χ0) is 18.3. The van der Waals surface area contributed by atoms with Gasteiger partial charge in [0.1, 0.15) is 17.2 Å². The summed E-state index contributed by atoms with van der Waals surface area (Å²) in [5, 5.41) is 13.1. The van der Waals surface area contributed by atoms with Crippen LogP contribution in [0.4, 0.5) is 21.7 Å². The topological polar surface area (TPSA) is 147 Å². The third kappa shape index (κ3) is 2.53. The molecule has 0 saturated carbocycles. The van der Waals surface area contributed by atoms with Crippen LogP contribution in [-0.2, 0) is 6.54 Å². The standard InChI is InChI=1S/C16H14FN9/c17-10-4-2-1-3-8(10)7-26-16-9(5-6-21-24-16)12(25-26)15-22-13(19)11(18)14(20)23-15/h1-6H,7,18H2,(H4,19,20,22,23). The Morgan fingerprint density at radius 1 is 1.00 bits per heavy atom. The zero-order valence-corrected chi connectivity index (χ0v) is 13.5. The maximum absolute atomic E-state index is 14.0. The number of hydrogen-bond donors (Lipinski definition) is 3. The highest BCUT2D eigenvalue weighted by Crippen LogP contribution is 2.28. The Labute approximate surface area is 146 Å². The number of halogens is 1. The number of hydrogen-bond acceptors (Lipinski definition) is 8. The maximum atomic E-state index is 14.0. The molecule has 1 aromatic carbocycles. The number of nitrogens with zero attached hydrogens (tertiary/aromatic N) is 6. The van der Waals surface area contributed by atoms with Crippen molar-refractivity contribution in [2.75, 3.05) is 17.2 Å². The summed E-state index contributed by atoms with van der Waals surface area (Å²) >= 11 is 0. The number of benzene rings is 1. The summed E-state index contributed by atoms with van der Waals surface area (Å²) in [5.74, 6) is -0.00376. The molecule has 0 saturated heterocycles. The fraction of sp³-hybridized carbons (Fsp3) is 0.0625. The number of nitrogens with two attached hydrogens (primary N) is 3. The van der Waals surface area contributed by atoms with Crippen LogP contribution < -0.4 is 17.2 Å². The van der Waals surface area contributed by atoms with Crippen molar-refractivity contribution in [3.63, 3.8) is 0 Å². The molecule has 0 radical (unpaired) electrons. The van der Waals surface area contributed by atoms with E-state index in [1.165, 1.54) is 16.9 Å². The molecule has 26 heavy (non-hydrogen) atoms. The van der Waals surface area contributed by atoms with E-state index in [2.05, 4.69) is 25.3 Å². The van der Waals surface area contributed by atoms with Crippen LogP contribution in [0.25, 0.3) is 22.6 Å². The Hall–Kier alpha value is -3.82. The molecule has 0 bridgehead atoms. The molecule has 4 rings (SSSR count). The Bertz CT molecular complexity index is 1100. The summed E-state index contributed by atoms with van der Waals surface area (Å²) in [5.41, 5.74) is 18.7. The smallest absolute Gasteiger partial charge is 0.184 e. The first-order chi connectivity index (χ1) is 12.5. The van der Waals surface area contributed by atoms with Crippen LogP contribution in [0, 0.1) is 5.82 Å². The van der Waals surface area contributed by atoms with Gasteiger partial charge in [0.05, 0.1) is 18.1 Å². The van der Waals surface area contributed by atoms with Crippen LogP contribution >= 0.6 is 0 Å². The Morgan fingerprint density at radius 2 is 1.73 bits per heavy atom. The lowest BCUT2D eigenvalue weighted by Gasteiger charge is -2.05. The predicted molar refractivity (Wildman–Crippen MR) is 95.1 cm³/mol. The van der Waals surface area contributed by atoms with Crippen molar-refractivity contribution in [2.24, 2.45) is 0 Å². The van der Waals surface area contributed by atoms with Crippen molar-refractivity contribution >= 4 is 28.4 Å². The van der Waals surface area contributed by atoms with E-state index in [1.807, 2.05) is 0 Å². The molecular formula is C16H14FN9. The molecule has 0 aliphatic carbocycles. The fourth-order valence-corrected chi connectivity index (χ4v) is 2.60. The van der Waals surface area contributed by atoms with Crippen LogP contribution in [0.3, 0.4) is 0 Å². The van der Waals surface area contributed by atoms with Gasteiger partial charge in [0.15, 0.2) is 23.1 Å². The SMILES string of the molecule is Nc1nc(-c2nn(Cc3ccccc3F)c3nnccc23)nc(N)c1N. The van der Waals surface area contributed by atoms with Crippen molar-refractivity contribution in [3.8, 4) is 11.5 Å². The van der Waals surface area contributed by atoms with E-state index in [1.54, 1.807) is 24.3 Å². The summed E-state index contributed by atoms with van der Waals surface area (Å²) in [6.45, 7) is 0.168. The van der Waals surface area contributed by atoms with Crippen LogP contribution in [0.5, 0.6) is 0 Å². The van der Waals surface area contributed by atoms with Gasteiger partial charge in [-0.1, -0.05) is 18.2 Å². The average Bonchev–Trinajstić information content (AvgIpc) is 3.00. The lowest BCUT2D eigenvalue weighted by Crippen LogP contribution is -2.07. The first-order valence-corrected chi connectivity index (χ1v) is 7.65. The van der Waals surface area contributed by atoms with E-state index in [0.29, 0.717) is 22.3 Å². The van der Waals surface area contributed by atoms with Gasteiger partial charge in [-0.15, -0.1) is 5.10 Å². The minimum Gasteiger partial charge on any atom is -0.393 e. The van der Waals surface area contributed by atoms with Gasteiger partial charge in [0, 0.05) is 5.56 Å². The molecule has 0 fully saturated rings. The van der Waals surface area contributed by atoms with Gasteiger partial charge < -0.3 is 17.2 Å². The third-order valence-corrected chi connectivity index (χ3v) is 3.92. The summed E-state index contributed by atoms with van der Waals surface area (Å²) in [7, 11) is 0. The normalized spacial score (nSPS) is 11.1. The lowest BCUT2D eigenvalue weighted by molar-refractivity contribution is 0.589. The van der Waals surface area contributed by atoms with Crippen LogP contribution in [-0.4, -0.2) is 29.9 Å². The maximum Gasteiger partial charge on any atom is 0.184 e. The molecule has 0 spiro atoms. The zero-order valence-electron chi connectivity index (χ0n) is 13.5. The Balaban J connectivity index is 1.89. The van der Waals surface area contributed by atoms with E-state index in [9.17, 15) is 4.39 Å². The molecule has 130 valence electrons. The van der Waals surface area contributed by atoms with Gasteiger partial charge in [-0.25, -0.2) is 19.0 Å². The van der Waals surface area contributed by atoms with Crippen molar-refractivity contribution in [1.82, 2.24) is 29.9 Å². The van der Waals surface area contributed by atoms with Crippen LogP contribution in [0.1, 0.15) is 5.56 Å². The molecular weight excluding hydrogens is 337 g/mol. The number of fused-ring (bicyclic) bond motifs is 1. The molecule has 4 aromatic rings. The predicted octanol–water partition coefficient (Wildman–Crippen LogP) is 1.22. The van der Waals surface area contributed by atoms with Gasteiger partial charge in [0.2, 0.25) is 0 Å². The molecule has 0 aliphatic rings. The lowest BCUT2D eigenvalue weighted by atomic mass is 10.2. The Kier molecular flexibility index (Phi) is 3.57. The van der Waals surface area contributed by atoms with Crippen molar-refractivity contribution in [3.05, 3.63) is 47.9 Å². The van der Waals surface area contributed by atoms with Crippen molar-refractivity contribution < 1.29 is 4.39 Å². The number of rotatable bonds is 3.